The Morgan fingerprint density at radius 3 is 2.19 bits per heavy atom. The molecular weight excluding hydrogens is 753 g/mol. The molecule has 0 spiro atoms. The highest BCUT2D eigenvalue weighted by atomic mass is 31.2. The Bertz CT molecular complexity index is 1380. The number of hydrogen-bond acceptors (Lipinski definition) is 12. The molecule has 1 saturated carbocycles. The second kappa shape index (κ2) is 29.0. The van der Waals surface area contributed by atoms with Gasteiger partial charge in [0.1, 0.15) is 18.1 Å². The molecule has 0 aromatic carbocycles. The van der Waals surface area contributed by atoms with Gasteiger partial charge < -0.3 is 39.8 Å². The summed E-state index contributed by atoms with van der Waals surface area (Å²) in [6.07, 6.45) is 19.1. The summed E-state index contributed by atoms with van der Waals surface area (Å²) < 4.78 is 38.8. The number of phosphoric ester groups is 1. The van der Waals surface area contributed by atoms with E-state index in [0.29, 0.717) is 19.3 Å². The molecule has 6 N–H and O–H groups in total. The molecule has 7 atom stereocenters. The first kappa shape index (κ1) is 50.8. The van der Waals surface area contributed by atoms with Crippen LogP contribution in [0.4, 0.5) is 0 Å². The molecule has 13 nitrogen and oxygen atoms in total. The number of hydrogen-bond donors (Lipinski definition) is 5. The molecule has 1 aromatic heterocycles. The van der Waals surface area contributed by atoms with E-state index >= 15 is 0 Å². The van der Waals surface area contributed by atoms with Gasteiger partial charge in [0.05, 0.1) is 37.9 Å². The number of phosphoric acid groups is 1. The number of aliphatic hydroxyl groups excluding tert-OH is 3. The Kier molecular flexibility index (Phi) is 25.8. The molecule has 1 aromatic rings. The van der Waals surface area contributed by atoms with E-state index in [9.17, 15) is 34.4 Å². The number of rotatable bonds is 32. The molecule has 0 bridgehead atoms. The zero-order valence-electron chi connectivity index (χ0n) is 35.1. The number of allylic oxidation sites excluding steroid dienone is 1. The summed E-state index contributed by atoms with van der Waals surface area (Å²) in [5.41, 5.74) is 7.93. The number of esters is 2. The smallest absolute Gasteiger partial charge is 0.466 e. The van der Waals surface area contributed by atoms with Crippen LogP contribution in [0.1, 0.15) is 146 Å². The van der Waals surface area contributed by atoms with E-state index in [2.05, 4.69) is 27.7 Å². The third-order valence-electron chi connectivity index (χ3n) is 10.6. The van der Waals surface area contributed by atoms with Crippen molar-refractivity contribution in [3.63, 3.8) is 0 Å². The Hall–Kier alpha value is -2.35. The molecule has 57 heavy (non-hydrogen) atoms. The van der Waals surface area contributed by atoms with Gasteiger partial charge in [-0.2, -0.15) is 0 Å². The Balaban J connectivity index is 1.74. The van der Waals surface area contributed by atoms with Crippen LogP contribution in [0.5, 0.6) is 0 Å². The lowest BCUT2D eigenvalue weighted by molar-refractivity contribution is -0.160. The van der Waals surface area contributed by atoms with Crippen molar-refractivity contribution >= 4 is 19.8 Å². The summed E-state index contributed by atoms with van der Waals surface area (Å²) in [5, 5.41) is 31.4. The predicted octanol–water partition coefficient (Wildman–Crippen LogP) is 7.64. The van der Waals surface area contributed by atoms with Crippen LogP contribution < -0.4 is 5.73 Å². The van der Waals surface area contributed by atoms with Crippen LogP contribution >= 0.6 is 7.82 Å². The summed E-state index contributed by atoms with van der Waals surface area (Å²) in [6, 6.07) is 0. The minimum absolute atomic E-state index is 0.00293. The van der Waals surface area contributed by atoms with Gasteiger partial charge >= 0.3 is 19.8 Å². The first-order valence-corrected chi connectivity index (χ1v) is 22.9. The van der Waals surface area contributed by atoms with Gasteiger partial charge in [-0.15, -0.1) is 0 Å². The third-order valence-corrected chi connectivity index (χ3v) is 11.6. The van der Waals surface area contributed by atoms with Gasteiger partial charge in [-0.25, -0.2) is 4.57 Å². The number of ether oxygens (including phenoxy) is 2. The van der Waals surface area contributed by atoms with E-state index in [4.69, 9.17) is 28.7 Å². The van der Waals surface area contributed by atoms with Crippen molar-refractivity contribution in [1.82, 2.24) is 0 Å². The van der Waals surface area contributed by atoms with Gasteiger partial charge in [0, 0.05) is 38.1 Å². The quantitative estimate of drug-likeness (QED) is 0.0205. The maximum atomic E-state index is 12.7. The Morgan fingerprint density at radius 2 is 1.53 bits per heavy atom. The van der Waals surface area contributed by atoms with E-state index in [1.54, 1.807) is 24.3 Å². The molecule has 1 heterocycles. The van der Waals surface area contributed by atoms with Crippen LogP contribution in [0, 0.1) is 25.7 Å². The van der Waals surface area contributed by atoms with Crippen molar-refractivity contribution in [2.24, 2.45) is 17.6 Å². The van der Waals surface area contributed by atoms with Crippen molar-refractivity contribution in [3.8, 4) is 0 Å². The molecule has 14 heteroatoms. The topological polar surface area (TPSA) is 208 Å². The number of aliphatic hydroxyl groups is 3. The van der Waals surface area contributed by atoms with Crippen molar-refractivity contribution in [3.05, 3.63) is 47.0 Å². The fraction of sp³-hybridized carbons (Fsp3) is 0.767. The standard InChI is InChI=1S/C43H74NO12P/c1-5-7-14-20-34(45)25-26-37-36(38(46)29-39(37)47)21-17-18-24-43(49)55-35(31-54-57(50,51)53-28-27-44)30-52-42(48)23-16-13-11-9-8-10-12-15-22-41-33(4)32(3)40(56-41)19-6-2/h17-18,25-26,34-39,45-47H,5-16,19-24,27-31,44H2,1-4H3,(H,50,51)/b18-17-,26-25+/t34-,35-,36+,37-,38+,39-/m1/s1. The molecule has 0 saturated heterocycles. The van der Waals surface area contributed by atoms with E-state index in [-0.39, 0.29) is 50.9 Å². The predicted molar refractivity (Wildman–Crippen MR) is 220 cm³/mol. The van der Waals surface area contributed by atoms with E-state index in [1.807, 2.05) is 0 Å². The maximum absolute atomic E-state index is 12.7. The highest BCUT2D eigenvalue weighted by Gasteiger charge is 2.39. The zero-order chi connectivity index (χ0) is 42.1. The van der Waals surface area contributed by atoms with Gasteiger partial charge in [0.2, 0.25) is 0 Å². The fourth-order valence-corrected chi connectivity index (χ4v) is 7.89. The molecule has 1 aliphatic rings. The number of aryl methyl sites for hydroxylation is 2. The van der Waals surface area contributed by atoms with Crippen molar-refractivity contribution in [2.75, 3.05) is 26.4 Å². The molecule has 0 aliphatic heterocycles. The highest BCUT2D eigenvalue weighted by molar-refractivity contribution is 7.47. The molecule has 0 radical (unpaired) electrons. The lowest BCUT2D eigenvalue weighted by atomic mass is 9.89. The zero-order valence-corrected chi connectivity index (χ0v) is 36.0. The van der Waals surface area contributed by atoms with Crippen molar-refractivity contribution < 1.29 is 57.3 Å². The molecule has 328 valence electrons. The Morgan fingerprint density at radius 1 is 0.860 bits per heavy atom. The van der Waals surface area contributed by atoms with Gasteiger partial charge in [0.25, 0.3) is 0 Å². The number of furan rings is 1. The van der Waals surface area contributed by atoms with Crippen molar-refractivity contribution in [2.45, 2.75) is 174 Å². The average molecular weight is 828 g/mol. The highest BCUT2D eigenvalue weighted by Crippen LogP contribution is 2.43. The number of unbranched alkanes of at least 4 members (excludes halogenated alkanes) is 9. The summed E-state index contributed by atoms with van der Waals surface area (Å²) in [7, 11) is -4.48. The lowest BCUT2D eigenvalue weighted by Crippen LogP contribution is -2.29. The van der Waals surface area contributed by atoms with Gasteiger partial charge in [-0.05, 0) is 63.0 Å². The minimum atomic E-state index is -4.48. The van der Waals surface area contributed by atoms with Gasteiger partial charge in [-0.3, -0.25) is 18.6 Å². The monoisotopic (exact) mass is 827 g/mol. The van der Waals surface area contributed by atoms with E-state index < -0.39 is 50.8 Å². The summed E-state index contributed by atoms with van der Waals surface area (Å²) in [6.45, 7) is 7.43. The van der Waals surface area contributed by atoms with Crippen LogP contribution in [0.25, 0.3) is 0 Å². The van der Waals surface area contributed by atoms with Crippen LogP contribution in [-0.4, -0.2) is 82.9 Å². The first-order valence-electron chi connectivity index (χ1n) is 21.4. The van der Waals surface area contributed by atoms with Gasteiger partial charge in [-0.1, -0.05) is 95.9 Å². The summed E-state index contributed by atoms with van der Waals surface area (Å²) >= 11 is 0. The molecule has 1 unspecified atom stereocenters. The maximum Gasteiger partial charge on any atom is 0.472 e. The minimum Gasteiger partial charge on any atom is -0.466 e. The van der Waals surface area contributed by atoms with E-state index in [1.165, 1.54) is 11.1 Å². The average Bonchev–Trinajstić information content (AvgIpc) is 3.60. The number of carbonyl (C=O) groups is 2. The van der Waals surface area contributed by atoms with E-state index in [0.717, 1.165) is 95.0 Å². The fourth-order valence-electron chi connectivity index (χ4n) is 7.13. The number of nitrogens with two attached hydrogens (primary N) is 1. The van der Waals surface area contributed by atoms with Crippen LogP contribution in [0.3, 0.4) is 0 Å². The van der Waals surface area contributed by atoms with Crippen LogP contribution in [0.2, 0.25) is 0 Å². The van der Waals surface area contributed by atoms with Gasteiger partial charge in [0.15, 0.2) is 6.10 Å². The SMILES string of the molecule is CCCCC[C@@H](O)/C=C/[C@@H]1[C@H](C/C=C\CC(=O)O[C@H](COC(=O)CCCCCCCCCCc2oc(CCC)c(C)c2C)COP(=O)(O)OCCN)[C@@H](O)C[C@H]1O. The first-order chi connectivity index (χ1) is 27.3. The molecule has 1 aliphatic carbocycles. The Labute approximate surface area is 341 Å². The molecule has 0 amide bonds. The number of carbonyl (C=O) groups excluding carboxylic acids is 2. The molecule has 2 rings (SSSR count). The van der Waals surface area contributed by atoms with Crippen molar-refractivity contribution in [1.29, 1.82) is 0 Å². The lowest BCUT2D eigenvalue weighted by Gasteiger charge is -2.20. The third kappa shape index (κ3) is 21.0. The van der Waals surface area contributed by atoms with Crippen LogP contribution in [-0.2, 0) is 45.5 Å². The largest absolute Gasteiger partial charge is 0.472 e. The molecular formula is C43H74NO12P. The summed E-state index contributed by atoms with van der Waals surface area (Å²) in [5.74, 6) is 0.468. The summed E-state index contributed by atoms with van der Waals surface area (Å²) in [4.78, 5) is 35.2. The second-order valence-electron chi connectivity index (χ2n) is 15.4. The second-order valence-corrected chi connectivity index (χ2v) is 16.9. The normalized spacial score (nSPS) is 20.6. The molecule has 1 fully saturated rings. The van der Waals surface area contributed by atoms with Crippen LogP contribution in [0.15, 0.2) is 28.7 Å².